The minimum absolute atomic E-state index is 0.101. The highest BCUT2D eigenvalue weighted by Gasteiger charge is 2.25. The Morgan fingerprint density at radius 3 is 2.83 bits per heavy atom. The Labute approximate surface area is 110 Å². The van der Waals surface area contributed by atoms with E-state index in [0.717, 1.165) is 13.0 Å². The number of thiophene rings is 1. The summed E-state index contributed by atoms with van der Waals surface area (Å²) < 4.78 is 0. The molecule has 6 heteroatoms. The van der Waals surface area contributed by atoms with Crippen LogP contribution < -0.4 is 4.90 Å². The van der Waals surface area contributed by atoms with Gasteiger partial charge in [-0.3, -0.25) is 10.1 Å². The zero-order valence-corrected chi connectivity index (χ0v) is 11.2. The van der Waals surface area contributed by atoms with Crippen molar-refractivity contribution in [2.24, 2.45) is 0 Å². The molecular weight excluding hydrogens is 252 g/mol. The average molecular weight is 268 g/mol. The first-order valence-corrected chi connectivity index (χ1v) is 6.67. The van der Waals surface area contributed by atoms with Crippen molar-refractivity contribution >= 4 is 22.0 Å². The Morgan fingerprint density at radius 2 is 2.33 bits per heavy atom. The van der Waals surface area contributed by atoms with Crippen molar-refractivity contribution in [2.75, 3.05) is 18.0 Å². The summed E-state index contributed by atoms with van der Waals surface area (Å²) >= 11 is 1.31. The molecule has 0 saturated carbocycles. The van der Waals surface area contributed by atoms with E-state index in [1.807, 2.05) is 4.90 Å². The third-order valence-corrected chi connectivity index (χ3v) is 4.40. The van der Waals surface area contributed by atoms with Crippen molar-refractivity contribution in [1.29, 1.82) is 0 Å². The third-order valence-electron chi connectivity index (χ3n) is 3.04. The fourth-order valence-electron chi connectivity index (χ4n) is 1.91. The molecule has 18 heavy (non-hydrogen) atoms. The molecule has 0 aromatic carbocycles. The molecule has 1 aromatic rings. The van der Waals surface area contributed by atoms with Crippen molar-refractivity contribution in [3.8, 4) is 0 Å². The van der Waals surface area contributed by atoms with E-state index in [9.17, 15) is 15.2 Å². The molecule has 1 aliphatic heterocycles. The van der Waals surface area contributed by atoms with Gasteiger partial charge in [-0.25, -0.2) is 0 Å². The van der Waals surface area contributed by atoms with Crippen molar-refractivity contribution in [3.05, 3.63) is 32.7 Å². The van der Waals surface area contributed by atoms with E-state index >= 15 is 0 Å². The predicted octanol–water partition coefficient (Wildman–Crippen LogP) is 2.87. The van der Waals surface area contributed by atoms with Gasteiger partial charge in [0.25, 0.3) is 0 Å². The van der Waals surface area contributed by atoms with Gasteiger partial charge in [0, 0.05) is 24.0 Å². The summed E-state index contributed by atoms with van der Waals surface area (Å²) in [5.41, 5.74) is 1.42. The smallest absolute Gasteiger partial charge is 0.304 e. The number of rotatable bonds is 3. The van der Waals surface area contributed by atoms with Crippen LogP contribution in [0.1, 0.15) is 31.2 Å². The van der Waals surface area contributed by atoms with Gasteiger partial charge in [-0.1, -0.05) is 11.6 Å². The molecular formula is C12H16N2O3S. The van der Waals surface area contributed by atoms with Crippen LogP contribution in [0.5, 0.6) is 0 Å². The number of hydrogen-bond donors (Lipinski definition) is 1. The van der Waals surface area contributed by atoms with Gasteiger partial charge in [0.2, 0.25) is 0 Å². The van der Waals surface area contributed by atoms with Gasteiger partial charge in [0.05, 0.1) is 11.0 Å². The van der Waals surface area contributed by atoms with Crippen LogP contribution in [0, 0.1) is 10.1 Å². The van der Waals surface area contributed by atoms with E-state index in [2.05, 4.69) is 13.0 Å². The zero-order valence-electron chi connectivity index (χ0n) is 10.4. The van der Waals surface area contributed by atoms with Crippen LogP contribution in [0.4, 0.5) is 10.7 Å². The molecule has 0 fully saturated rings. The van der Waals surface area contributed by atoms with Crippen molar-refractivity contribution in [2.45, 2.75) is 26.4 Å². The molecule has 5 nitrogen and oxygen atoms in total. The lowest BCUT2D eigenvalue weighted by molar-refractivity contribution is -0.383. The maximum absolute atomic E-state index is 11.1. The molecule has 1 aromatic heterocycles. The Morgan fingerprint density at radius 1 is 1.61 bits per heavy atom. The van der Waals surface area contributed by atoms with Gasteiger partial charge >= 0.3 is 5.69 Å². The fraction of sp³-hybridized carbons (Fsp3) is 0.500. The number of hydrogen-bond acceptors (Lipinski definition) is 5. The number of nitrogens with zero attached hydrogens (tertiary/aromatic N) is 2. The topological polar surface area (TPSA) is 66.6 Å². The van der Waals surface area contributed by atoms with E-state index in [-0.39, 0.29) is 10.6 Å². The van der Waals surface area contributed by atoms with Gasteiger partial charge in [-0.05, 0) is 20.3 Å². The number of aliphatic hydroxyl groups excluding tert-OH is 1. The lowest BCUT2D eigenvalue weighted by Gasteiger charge is -2.25. The molecule has 1 aliphatic rings. The molecule has 1 N–H and O–H groups in total. The van der Waals surface area contributed by atoms with Gasteiger partial charge in [-0.2, -0.15) is 0 Å². The van der Waals surface area contributed by atoms with Gasteiger partial charge < -0.3 is 10.0 Å². The highest BCUT2D eigenvalue weighted by molar-refractivity contribution is 7.16. The minimum Gasteiger partial charge on any atom is -0.388 e. The monoisotopic (exact) mass is 268 g/mol. The summed E-state index contributed by atoms with van der Waals surface area (Å²) in [6, 6.07) is 1.48. The van der Waals surface area contributed by atoms with Gasteiger partial charge in [-0.15, -0.1) is 11.3 Å². The van der Waals surface area contributed by atoms with E-state index < -0.39 is 6.10 Å². The van der Waals surface area contributed by atoms with Crippen molar-refractivity contribution in [1.82, 2.24) is 0 Å². The second-order valence-electron chi connectivity index (χ2n) is 4.52. The Hall–Kier alpha value is -1.40. The molecule has 0 radical (unpaired) electrons. The van der Waals surface area contributed by atoms with Gasteiger partial charge in [0.1, 0.15) is 0 Å². The van der Waals surface area contributed by atoms with Crippen LogP contribution in [0.25, 0.3) is 0 Å². The first-order valence-electron chi connectivity index (χ1n) is 5.86. The standard InChI is InChI=1S/C12H16N2O3S/c1-8-3-5-13(6-4-8)12-10(14(16)17)7-11(18-12)9(2)15/h3,7,9,15H,4-6H2,1-2H3/t9-/m1/s1. The van der Waals surface area contributed by atoms with Crippen LogP contribution in [0.3, 0.4) is 0 Å². The third kappa shape index (κ3) is 2.54. The molecule has 0 spiro atoms. The molecule has 98 valence electrons. The molecule has 0 aliphatic carbocycles. The number of anilines is 1. The fourth-order valence-corrected chi connectivity index (χ4v) is 3.01. The summed E-state index contributed by atoms with van der Waals surface area (Å²) in [5.74, 6) is 0. The zero-order chi connectivity index (χ0) is 13.3. The minimum atomic E-state index is -0.662. The predicted molar refractivity (Wildman–Crippen MR) is 72.2 cm³/mol. The maximum Gasteiger partial charge on any atom is 0.304 e. The summed E-state index contributed by atoms with van der Waals surface area (Å²) in [6.45, 7) is 5.19. The lowest BCUT2D eigenvalue weighted by Crippen LogP contribution is -2.27. The van der Waals surface area contributed by atoms with Crippen LogP contribution in [0.2, 0.25) is 0 Å². The first kappa shape index (κ1) is 13.0. The highest BCUT2D eigenvalue weighted by atomic mass is 32.1. The largest absolute Gasteiger partial charge is 0.388 e. The summed E-state index contributed by atoms with van der Waals surface area (Å²) in [5, 5.41) is 21.2. The summed E-state index contributed by atoms with van der Waals surface area (Å²) in [6.07, 6.45) is 2.36. The normalized spacial score (nSPS) is 17.5. The number of nitro groups is 1. The molecule has 2 heterocycles. The summed E-state index contributed by atoms with van der Waals surface area (Å²) in [7, 11) is 0. The average Bonchev–Trinajstić information content (AvgIpc) is 2.75. The van der Waals surface area contributed by atoms with Crippen LogP contribution in [-0.2, 0) is 0 Å². The van der Waals surface area contributed by atoms with Crippen molar-refractivity contribution in [3.63, 3.8) is 0 Å². The first-order chi connectivity index (χ1) is 8.49. The van der Waals surface area contributed by atoms with Crippen LogP contribution >= 0.6 is 11.3 Å². The quantitative estimate of drug-likeness (QED) is 0.520. The van der Waals surface area contributed by atoms with Crippen LogP contribution in [-0.4, -0.2) is 23.1 Å². The SMILES string of the molecule is CC1=CCN(c2sc([C@@H](C)O)cc2[N+](=O)[O-])CC1. The molecule has 1 atom stereocenters. The molecule has 0 unspecified atom stereocenters. The highest BCUT2D eigenvalue weighted by Crippen LogP contribution is 2.40. The Balaban J connectivity index is 2.34. The second kappa shape index (κ2) is 5.07. The lowest BCUT2D eigenvalue weighted by atomic mass is 10.1. The molecule has 0 bridgehead atoms. The van der Waals surface area contributed by atoms with E-state index in [0.29, 0.717) is 16.4 Å². The molecule has 0 saturated heterocycles. The Bertz CT molecular complexity index is 494. The van der Waals surface area contributed by atoms with E-state index in [4.69, 9.17) is 0 Å². The molecule has 0 amide bonds. The molecule has 2 rings (SSSR count). The maximum atomic E-state index is 11.1. The van der Waals surface area contributed by atoms with Gasteiger partial charge in [0.15, 0.2) is 5.00 Å². The summed E-state index contributed by atoms with van der Waals surface area (Å²) in [4.78, 5) is 13.3. The Kier molecular flexibility index (Phi) is 3.68. The van der Waals surface area contributed by atoms with Crippen molar-refractivity contribution < 1.29 is 10.0 Å². The van der Waals surface area contributed by atoms with Crippen LogP contribution in [0.15, 0.2) is 17.7 Å². The van der Waals surface area contributed by atoms with E-state index in [1.54, 1.807) is 6.92 Å². The second-order valence-corrected chi connectivity index (χ2v) is 5.58. The number of aliphatic hydroxyl groups is 1. The van der Waals surface area contributed by atoms with E-state index in [1.165, 1.54) is 23.0 Å².